The number of amidine groups is 1. The van der Waals surface area contributed by atoms with Gasteiger partial charge in [0.25, 0.3) is 5.91 Å². The number of hydrogen-bond donors (Lipinski definition) is 1. The Labute approximate surface area is 139 Å². The average Bonchev–Trinajstić information content (AvgIpc) is 2.80. The molecule has 2 heterocycles. The second-order valence-electron chi connectivity index (χ2n) is 6.56. The lowest BCUT2D eigenvalue weighted by Gasteiger charge is -2.19. The summed E-state index contributed by atoms with van der Waals surface area (Å²) in [5, 5.41) is 2.75. The van der Waals surface area contributed by atoms with E-state index in [1.807, 2.05) is 0 Å². The fourth-order valence-electron chi connectivity index (χ4n) is 2.34. The third kappa shape index (κ3) is 4.84. The number of amides is 2. The Bertz CT molecular complexity index is 638. The number of fused-ring (bicyclic) bond motifs is 1. The number of nitrogens with one attached hydrogen (secondary N) is 1. The Kier molecular flexibility index (Phi) is 4.95. The molecule has 10 heteroatoms. The summed E-state index contributed by atoms with van der Waals surface area (Å²) in [5.74, 6) is -0.311. The molecule has 2 aliphatic rings. The number of thioether (sulfide) groups is 1. The lowest BCUT2D eigenvalue weighted by molar-refractivity contribution is -0.117. The van der Waals surface area contributed by atoms with Crippen LogP contribution in [-0.2, 0) is 19.4 Å². The van der Waals surface area contributed by atoms with Gasteiger partial charge in [0.15, 0.2) is 15.0 Å². The molecular formula is C13H21N3O5S2. The molecule has 2 saturated heterocycles. The lowest BCUT2D eigenvalue weighted by Crippen LogP contribution is -2.36. The van der Waals surface area contributed by atoms with Crippen LogP contribution in [0.5, 0.6) is 0 Å². The summed E-state index contributed by atoms with van der Waals surface area (Å²) in [7, 11) is -1.28. The topological polar surface area (TPSA) is 105 Å². The normalized spacial score (nSPS) is 27.8. The smallest absolute Gasteiger partial charge is 0.408 e. The van der Waals surface area contributed by atoms with E-state index in [9.17, 15) is 18.0 Å². The van der Waals surface area contributed by atoms with Crippen LogP contribution in [0.2, 0.25) is 0 Å². The first-order chi connectivity index (χ1) is 10.5. The average molecular weight is 363 g/mol. The minimum Gasteiger partial charge on any atom is -0.444 e. The van der Waals surface area contributed by atoms with Gasteiger partial charge >= 0.3 is 6.09 Å². The van der Waals surface area contributed by atoms with Gasteiger partial charge in [0.1, 0.15) is 12.1 Å². The number of aliphatic imine (C=N–C) groups is 1. The standard InChI is InChI=1S/C13H21N3O5S2/c1-13(2,3)21-12(18)14-5-10(17)15-11-16(4)8-6-23(19,20)7-9(8)22-11/h8-9H,5-7H2,1-4H3,(H,14,18)/t8-,9-/m0/s1. The highest BCUT2D eigenvalue weighted by Crippen LogP contribution is 2.36. The van der Waals surface area contributed by atoms with Gasteiger partial charge in [-0.25, -0.2) is 13.2 Å². The Morgan fingerprint density at radius 1 is 1.39 bits per heavy atom. The van der Waals surface area contributed by atoms with Gasteiger partial charge in [-0.1, -0.05) is 11.8 Å². The van der Waals surface area contributed by atoms with Crippen LogP contribution in [0.25, 0.3) is 0 Å². The predicted molar refractivity (Wildman–Crippen MR) is 88.3 cm³/mol. The summed E-state index contributed by atoms with van der Waals surface area (Å²) < 4.78 is 28.2. The van der Waals surface area contributed by atoms with Crippen LogP contribution in [0.1, 0.15) is 20.8 Å². The van der Waals surface area contributed by atoms with E-state index in [0.717, 1.165) is 0 Å². The first-order valence-electron chi connectivity index (χ1n) is 7.15. The molecule has 0 aromatic rings. The van der Waals surface area contributed by atoms with Gasteiger partial charge in [-0.2, -0.15) is 4.99 Å². The van der Waals surface area contributed by atoms with Crippen molar-refractivity contribution in [1.29, 1.82) is 0 Å². The lowest BCUT2D eigenvalue weighted by atomic mass is 10.2. The fraction of sp³-hybridized carbons (Fsp3) is 0.769. The Morgan fingerprint density at radius 2 is 2.04 bits per heavy atom. The van der Waals surface area contributed by atoms with Crippen molar-refractivity contribution in [3.8, 4) is 0 Å². The van der Waals surface area contributed by atoms with Gasteiger partial charge in [0.2, 0.25) is 0 Å². The van der Waals surface area contributed by atoms with Crippen molar-refractivity contribution in [2.75, 3.05) is 25.1 Å². The van der Waals surface area contributed by atoms with E-state index in [1.165, 1.54) is 11.8 Å². The molecule has 0 radical (unpaired) electrons. The molecule has 2 aliphatic heterocycles. The molecule has 2 atom stereocenters. The van der Waals surface area contributed by atoms with E-state index < -0.39 is 27.4 Å². The number of hydrogen-bond acceptors (Lipinski definition) is 6. The van der Waals surface area contributed by atoms with Crippen molar-refractivity contribution in [3.05, 3.63) is 0 Å². The van der Waals surface area contributed by atoms with Gasteiger partial charge < -0.3 is 15.0 Å². The zero-order valence-corrected chi connectivity index (χ0v) is 15.2. The van der Waals surface area contributed by atoms with E-state index in [-0.39, 0.29) is 29.3 Å². The van der Waals surface area contributed by atoms with E-state index in [0.29, 0.717) is 5.17 Å². The first kappa shape index (κ1) is 18.1. The molecule has 0 saturated carbocycles. The molecule has 2 fully saturated rings. The molecule has 1 N–H and O–H groups in total. The molecule has 0 aliphatic carbocycles. The number of carbonyl (C=O) groups excluding carboxylic acids is 2. The molecule has 130 valence electrons. The minimum absolute atomic E-state index is 0.0876. The van der Waals surface area contributed by atoms with E-state index >= 15 is 0 Å². The van der Waals surface area contributed by atoms with Gasteiger partial charge in [-0.3, -0.25) is 4.79 Å². The summed E-state index contributed by atoms with van der Waals surface area (Å²) >= 11 is 1.30. The van der Waals surface area contributed by atoms with Gasteiger partial charge in [0, 0.05) is 12.3 Å². The molecule has 0 aromatic heterocycles. The third-order valence-electron chi connectivity index (χ3n) is 3.33. The van der Waals surface area contributed by atoms with Crippen molar-refractivity contribution in [2.45, 2.75) is 37.7 Å². The monoisotopic (exact) mass is 363 g/mol. The highest BCUT2D eigenvalue weighted by atomic mass is 32.2. The van der Waals surface area contributed by atoms with Crippen molar-refractivity contribution in [1.82, 2.24) is 10.2 Å². The summed E-state index contributed by atoms with van der Waals surface area (Å²) in [6.07, 6.45) is -0.679. The number of rotatable bonds is 2. The van der Waals surface area contributed by atoms with E-state index in [2.05, 4.69) is 10.3 Å². The summed E-state index contributed by atoms with van der Waals surface area (Å²) in [4.78, 5) is 29.0. The number of ether oxygens (including phenoxy) is 1. The quantitative estimate of drug-likeness (QED) is 0.749. The first-order valence-corrected chi connectivity index (χ1v) is 9.85. The summed E-state index contributed by atoms with van der Waals surface area (Å²) in [6, 6.07) is -0.143. The molecule has 2 amide bonds. The highest BCUT2D eigenvalue weighted by molar-refractivity contribution is 8.15. The molecule has 0 bridgehead atoms. The Balaban J connectivity index is 1.88. The maximum Gasteiger partial charge on any atom is 0.408 e. The van der Waals surface area contributed by atoms with Gasteiger partial charge in [-0.15, -0.1) is 0 Å². The maximum absolute atomic E-state index is 11.8. The van der Waals surface area contributed by atoms with Crippen LogP contribution < -0.4 is 5.32 Å². The zero-order valence-electron chi connectivity index (χ0n) is 13.5. The molecule has 8 nitrogen and oxygen atoms in total. The second kappa shape index (κ2) is 6.31. The molecular weight excluding hydrogens is 342 g/mol. The number of alkyl carbamates (subject to hydrolysis) is 1. The van der Waals surface area contributed by atoms with Crippen molar-refractivity contribution in [3.63, 3.8) is 0 Å². The van der Waals surface area contributed by atoms with Crippen LogP contribution in [0.4, 0.5) is 4.79 Å². The Morgan fingerprint density at radius 3 is 2.61 bits per heavy atom. The van der Waals surface area contributed by atoms with Crippen LogP contribution in [-0.4, -0.2) is 72.5 Å². The second-order valence-corrected chi connectivity index (χ2v) is 9.92. The van der Waals surface area contributed by atoms with Gasteiger partial charge in [0.05, 0.1) is 17.5 Å². The maximum atomic E-state index is 11.8. The van der Waals surface area contributed by atoms with Crippen molar-refractivity contribution >= 4 is 38.8 Å². The molecule has 0 aromatic carbocycles. The number of nitrogens with zero attached hydrogens (tertiary/aromatic N) is 2. The van der Waals surface area contributed by atoms with Crippen LogP contribution in [0, 0.1) is 0 Å². The zero-order chi connectivity index (χ0) is 17.4. The largest absolute Gasteiger partial charge is 0.444 e. The van der Waals surface area contributed by atoms with Crippen molar-refractivity contribution < 1.29 is 22.7 Å². The van der Waals surface area contributed by atoms with Crippen LogP contribution in [0.3, 0.4) is 0 Å². The Hall–Kier alpha value is -1.29. The number of sulfone groups is 1. The van der Waals surface area contributed by atoms with Crippen LogP contribution >= 0.6 is 11.8 Å². The van der Waals surface area contributed by atoms with Gasteiger partial charge in [-0.05, 0) is 20.8 Å². The summed E-state index contributed by atoms with van der Waals surface area (Å²) in [5.41, 5.74) is -0.635. The number of carbonyl (C=O) groups is 2. The fourth-order valence-corrected chi connectivity index (χ4v) is 6.36. The molecule has 0 spiro atoms. The minimum atomic E-state index is -3.01. The predicted octanol–water partition coefficient (Wildman–Crippen LogP) is 0.238. The van der Waals surface area contributed by atoms with E-state index in [1.54, 1.807) is 32.7 Å². The van der Waals surface area contributed by atoms with Crippen molar-refractivity contribution in [2.24, 2.45) is 4.99 Å². The van der Waals surface area contributed by atoms with Crippen LogP contribution in [0.15, 0.2) is 4.99 Å². The summed E-state index contributed by atoms with van der Waals surface area (Å²) in [6.45, 7) is 4.92. The molecule has 0 unspecified atom stereocenters. The SMILES string of the molecule is CN1C(=NC(=O)CNC(=O)OC(C)(C)C)S[C@H]2CS(=O)(=O)C[C@@H]21. The molecule has 2 rings (SSSR count). The highest BCUT2D eigenvalue weighted by Gasteiger charge is 2.47. The third-order valence-corrected chi connectivity index (χ3v) is 6.63. The molecule has 23 heavy (non-hydrogen) atoms. The van der Waals surface area contributed by atoms with E-state index in [4.69, 9.17) is 4.74 Å².